The Balaban J connectivity index is 1.55. The monoisotopic (exact) mass is 343 g/mol. The second kappa shape index (κ2) is 7.79. The second-order valence-corrected chi connectivity index (χ2v) is 5.58. The van der Waals surface area contributed by atoms with Gasteiger partial charge in [-0.1, -0.05) is 12.1 Å². The van der Waals surface area contributed by atoms with Crippen LogP contribution in [0.2, 0.25) is 0 Å². The van der Waals surface area contributed by atoms with Crippen molar-refractivity contribution in [3.63, 3.8) is 0 Å². The predicted molar refractivity (Wildman–Crippen MR) is 92.8 cm³/mol. The van der Waals surface area contributed by atoms with Crippen LogP contribution in [0.25, 0.3) is 0 Å². The van der Waals surface area contributed by atoms with Crippen molar-refractivity contribution in [3.05, 3.63) is 47.5 Å². The Morgan fingerprint density at radius 3 is 2.52 bits per heavy atom. The van der Waals surface area contributed by atoms with Crippen molar-refractivity contribution in [1.82, 2.24) is 5.32 Å². The number of aryl methyl sites for hydroxylation is 1. The zero-order valence-electron chi connectivity index (χ0n) is 14.3. The van der Waals surface area contributed by atoms with Gasteiger partial charge in [-0.15, -0.1) is 0 Å². The van der Waals surface area contributed by atoms with Crippen molar-refractivity contribution in [2.45, 2.75) is 12.8 Å². The number of hydrogen-bond acceptors (Lipinski definition) is 5. The highest BCUT2D eigenvalue weighted by Crippen LogP contribution is 2.32. The lowest BCUT2D eigenvalue weighted by atomic mass is 10.1. The van der Waals surface area contributed by atoms with Crippen LogP contribution in [0.4, 0.5) is 0 Å². The van der Waals surface area contributed by atoms with Crippen molar-refractivity contribution in [1.29, 1.82) is 0 Å². The summed E-state index contributed by atoms with van der Waals surface area (Å²) < 4.78 is 21.2. The van der Waals surface area contributed by atoms with Gasteiger partial charge in [0, 0.05) is 6.54 Å². The first-order valence-corrected chi connectivity index (χ1v) is 8.10. The van der Waals surface area contributed by atoms with Gasteiger partial charge in [-0.2, -0.15) is 0 Å². The number of nitrogens with one attached hydrogen (secondary N) is 1. The highest BCUT2D eigenvalue weighted by Gasteiger charge is 2.17. The van der Waals surface area contributed by atoms with Crippen LogP contribution < -0.4 is 24.3 Å². The van der Waals surface area contributed by atoms with E-state index < -0.39 is 0 Å². The van der Waals surface area contributed by atoms with Crippen LogP contribution in [0.1, 0.15) is 22.3 Å². The van der Waals surface area contributed by atoms with E-state index in [9.17, 15) is 4.79 Å². The molecule has 0 saturated carbocycles. The normalized spacial score (nSPS) is 11.9. The van der Waals surface area contributed by atoms with Crippen molar-refractivity contribution >= 4 is 5.91 Å². The molecule has 2 aromatic carbocycles. The van der Waals surface area contributed by atoms with Crippen LogP contribution in [0.5, 0.6) is 23.0 Å². The molecule has 132 valence electrons. The second-order valence-electron chi connectivity index (χ2n) is 5.58. The van der Waals surface area contributed by atoms with E-state index in [2.05, 4.69) is 5.32 Å². The molecule has 2 aromatic rings. The van der Waals surface area contributed by atoms with Crippen molar-refractivity contribution in [3.8, 4) is 23.0 Å². The van der Waals surface area contributed by atoms with Crippen LogP contribution in [0.3, 0.4) is 0 Å². The summed E-state index contributed by atoms with van der Waals surface area (Å²) in [6.07, 6.45) is 1.64. The van der Waals surface area contributed by atoms with E-state index in [4.69, 9.17) is 18.9 Å². The van der Waals surface area contributed by atoms with Crippen LogP contribution in [0, 0.1) is 0 Å². The van der Waals surface area contributed by atoms with Gasteiger partial charge in [0.05, 0.1) is 14.2 Å². The Bertz CT molecular complexity index is 737. The van der Waals surface area contributed by atoms with E-state index in [0.29, 0.717) is 23.6 Å². The Morgan fingerprint density at radius 1 is 1.08 bits per heavy atom. The maximum atomic E-state index is 12.5. The predicted octanol–water partition coefficient (Wildman–Crippen LogP) is 2.80. The Hall–Kier alpha value is -2.89. The third-order valence-corrected chi connectivity index (χ3v) is 4.02. The number of methoxy groups -OCH3 is 2. The quantitative estimate of drug-likeness (QED) is 0.783. The molecule has 1 amide bonds. The summed E-state index contributed by atoms with van der Waals surface area (Å²) >= 11 is 0. The lowest BCUT2D eigenvalue weighted by Crippen LogP contribution is -2.25. The van der Waals surface area contributed by atoms with Crippen molar-refractivity contribution in [2.75, 3.05) is 27.6 Å². The topological polar surface area (TPSA) is 66.0 Å². The lowest BCUT2D eigenvalue weighted by molar-refractivity contribution is 0.0947. The molecule has 0 fully saturated rings. The molecule has 25 heavy (non-hydrogen) atoms. The van der Waals surface area contributed by atoms with Crippen LogP contribution in [0.15, 0.2) is 36.4 Å². The van der Waals surface area contributed by atoms with Gasteiger partial charge in [-0.3, -0.25) is 4.79 Å². The SMILES string of the molecule is COc1cccc(OC)c1C(=O)NCCCc1ccc2c(c1)OCO2. The minimum Gasteiger partial charge on any atom is -0.496 e. The van der Waals surface area contributed by atoms with Gasteiger partial charge in [0.1, 0.15) is 17.1 Å². The van der Waals surface area contributed by atoms with Crippen LogP contribution in [-0.4, -0.2) is 33.5 Å². The molecule has 0 bridgehead atoms. The first kappa shape index (κ1) is 17.0. The molecule has 1 heterocycles. The first-order chi connectivity index (χ1) is 12.2. The highest BCUT2D eigenvalue weighted by atomic mass is 16.7. The third kappa shape index (κ3) is 3.79. The summed E-state index contributed by atoms with van der Waals surface area (Å²) in [6.45, 7) is 0.823. The number of rotatable bonds is 7. The third-order valence-electron chi connectivity index (χ3n) is 4.02. The highest BCUT2D eigenvalue weighted by molar-refractivity contribution is 5.99. The average molecular weight is 343 g/mol. The molecule has 0 radical (unpaired) electrons. The molecule has 0 aliphatic carbocycles. The lowest BCUT2D eigenvalue weighted by Gasteiger charge is -2.13. The van der Waals surface area contributed by atoms with Gasteiger partial charge in [0.25, 0.3) is 5.91 Å². The largest absolute Gasteiger partial charge is 0.496 e. The molecular formula is C19H21NO5. The average Bonchev–Trinajstić information content (AvgIpc) is 3.12. The number of carbonyl (C=O) groups excluding carboxylic acids is 1. The zero-order chi connectivity index (χ0) is 17.6. The molecule has 0 atom stereocenters. The molecule has 3 rings (SSSR count). The van der Waals surface area contributed by atoms with Gasteiger partial charge in [0.15, 0.2) is 11.5 Å². The number of ether oxygens (including phenoxy) is 4. The van der Waals surface area contributed by atoms with Crippen LogP contribution in [-0.2, 0) is 6.42 Å². The fourth-order valence-electron chi connectivity index (χ4n) is 2.75. The molecule has 6 nitrogen and oxygen atoms in total. The fraction of sp³-hybridized carbons (Fsp3) is 0.316. The van der Waals surface area contributed by atoms with Crippen molar-refractivity contribution in [2.24, 2.45) is 0 Å². The van der Waals surface area contributed by atoms with E-state index >= 15 is 0 Å². The molecular weight excluding hydrogens is 322 g/mol. The number of carbonyl (C=O) groups is 1. The summed E-state index contributed by atoms with van der Waals surface area (Å²) in [5.41, 5.74) is 1.56. The maximum absolute atomic E-state index is 12.5. The molecule has 1 aliphatic heterocycles. The minimum absolute atomic E-state index is 0.208. The van der Waals surface area contributed by atoms with E-state index in [-0.39, 0.29) is 12.7 Å². The van der Waals surface area contributed by atoms with E-state index in [1.807, 2.05) is 18.2 Å². The zero-order valence-corrected chi connectivity index (χ0v) is 14.3. The Labute approximate surface area is 146 Å². The number of hydrogen-bond donors (Lipinski definition) is 1. The maximum Gasteiger partial charge on any atom is 0.258 e. The minimum atomic E-state index is -0.208. The molecule has 0 spiro atoms. The molecule has 0 aromatic heterocycles. The van der Waals surface area contributed by atoms with Crippen LogP contribution >= 0.6 is 0 Å². The smallest absolute Gasteiger partial charge is 0.258 e. The standard InChI is InChI=1S/C19H21NO5/c1-22-15-6-3-7-16(23-2)18(15)19(21)20-10-4-5-13-8-9-14-17(11-13)25-12-24-14/h3,6-9,11H,4-5,10,12H2,1-2H3,(H,20,21). The Kier molecular flexibility index (Phi) is 5.28. The molecule has 0 saturated heterocycles. The summed E-state index contributed by atoms with van der Waals surface area (Å²) in [6, 6.07) is 11.2. The molecule has 1 aliphatic rings. The number of fused-ring (bicyclic) bond motifs is 1. The van der Waals surface area contributed by atoms with Gasteiger partial charge in [-0.25, -0.2) is 0 Å². The van der Waals surface area contributed by atoms with Gasteiger partial charge in [-0.05, 0) is 42.7 Å². The summed E-state index contributed by atoms with van der Waals surface area (Å²) in [7, 11) is 3.07. The van der Waals surface area contributed by atoms with E-state index in [1.54, 1.807) is 18.2 Å². The molecule has 6 heteroatoms. The van der Waals surface area contributed by atoms with E-state index in [1.165, 1.54) is 14.2 Å². The molecule has 0 unspecified atom stereocenters. The van der Waals surface area contributed by atoms with E-state index in [0.717, 1.165) is 29.9 Å². The summed E-state index contributed by atoms with van der Waals surface area (Å²) in [5, 5.41) is 2.92. The fourth-order valence-corrected chi connectivity index (χ4v) is 2.75. The molecule has 1 N–H and O–H groups in total. The number of benzene rings is 2. The van der Waals surface area contributed by atoms with Gasteiger partial charge in [0.2, 0.25) is 6.79 Å². The first-order valence-electron chi connectivity index (χ1n) is 8.10. The van der Waals surface area contributed by atoms with Crippen molar-refractivity contribution < 1.29 is 23.7 Å². The van der Waals surface area contributed by atoms with Gasteiger partial charge >= 0.3 is 0 Å². The summed E-state index contributed by atoms with van der Waals surface area (Å²) in [5.74, 6) is 2.33. The number of amides is 1. The van der Waals surface area contributed by atoms with Gasteiger partial charge < -0.3 is 24.3 Å². The Morgan fingerprint density at radius 2 is 1.80 bits per heavy atom. The summed E-state index contributed by atoms with van der Waals surface area (Å²) in [4.78, 5) is 12.5.